The lowest BCUT2D eigenvalue weighted by Crippen LogP contribution is -2.10. The standard InChI is InChI=1S/C11H12N4O2/c12-8-2-1-7(5-9(8)16)6-14-11-13-4-3-10(17)15-11/h1-5,16H,6,12H2,(H2,13,14,15,17). The Morgan fingerprint density at radius 3 is 2.94 bits per heavy atom. The third-order valence-corrected chi connectivity index (χ3v) is 2.23. The van der Waals surface area contributed by atoms with Gasteiger partial charge in [0.2, 0.25) is 5.95 Å². The van der Waals surface area contributed by atoms with Crippen LogP contribution in [0.3, 0.4) is 0 Å². The van der Waals surface area contributed by atoms with E-state index in [2.05, 4.69) is 15.3 Å². The number of hydrogen-bond donors (Lipinski definition) is 4. The van der Waals surface area contributed by atoms with Gasteiger partial charge in [0.15, 0.2) is 0 Å². The molecular formula is C11H12N4O2. The number of rotatable bonds is 3. The number of nitrogens with zero attached hydrogens (tertiary/aromatic N) is 1. The molecule has 5 N–H and O–H groups in total. The van der Waals surface area contributed by atoms with Crippen molar-refractivity contribution in [2.24, 2.45) is 0 Å². The summed E-state index contributed by atoms with van der Waals surface area (Å²) in [6, 6.07) is 6.29. The van der Waals surface area contributed by atoms with E-state index < -0.39 is 0 Å². The van der Waals surface area contributed by atoms with Crippen molar-refractivity contribution in [1.29, 1.82) is 0 Å². The molecule has 6 nitrogen and oxygen atoms in total. The number of nitrogens with one attached hydrogen (secondary N) is 2. The van der Waals surface area contributed by atoms with E-state index in [-0.39, 0.29) is 11.3 Å². The van der Waals surface area contributed by atoms with Gasteiger partial charge < -0.3 is 16.2 Å². The number of nitrogens with two attached hydrogens (primary N) is 1. The summed E-state index contributed by atoms with van der Waals surface area (Å²) in [6.07, 6.45) is 1.42. The zero-order chi connectivity index (χ0) is 12.3. The fourth-order valence-corrected chi connectivity index (χ4v) is 1.34. The molecule has 2 rings (SSSR count). The van der Waals surface area contributed by atoms with Gasteiger partial charge in [-0.15, -0.1) is 0 Å². The van der Waals surface area contributed by atoms with Crippen LogP contribution < -0.4 is 16.6 Å². The van der Waals surface area contributed by atoms with Crippen LogP contribution in [0.2, 0.25) is 0 Å². The molecule has 0 aliphatic rings. The lowest BCUT2D eigenvalue weighted by molar-refractivity contribution is 0.477. The first kappa shape index (κ1) is 11.0. The maximum Gasteiger partial charge on any atom is 0.252 e. The van der Waals surface area contributed by atoms with Crippen LogP contribution >= 0.6 is 0 Å². The summed E-state index contributed by atoms with van der Waals surface area (Å²) in [5.74, 6) is 0.424. The monoisotopic (exact) mass is 232 g/mol. The molecule has 1 aromatic carbocycles. The highest BCUT2D eigenvalue weighted by Gasteiger charge is 2.00. The van der Waals surface area contributed by atoms with Crippen molar-refractivity contribution in [1.82, 2.24) is 9.97 Å². The van der Waals surface area contributed by atoms with Gasteiger partial charge in [-0.25, -0.2) is 4.98 Å². The van der Waals surface area contributed by atoms with Crippen LogP contribution in [0.5, 0.6) is 5.75 Å². The molecular weight excluding hydrogens is 220 g/mol. The van der Waals surface area contributed by atoms with Gasteiger partial charge in [0.1, 0.15) is 5.75 Å². The largest absolute Gasteiger partial charge is 0.506 e. The summed E-state index contributed by atoms with van der Waals surface area (Å²) in [4.78, 5) is 17.5. The minimum atomic E-state index is -0.220. The maximum absolute atomic E-state index is 11.0. The summed E-state index contributed by atoms with van der Waals surface area (Å²) in [5.41, 5.74) is 6.44. The molecule has 0 aliphatic heterocycles. The van der Waals surface area contributed by atoms with Crippen molar-refractivity contribution in [3.8, 4) is 5.75 Å². The van der Waals surface area contributed by atoms with Crippen molar-refractivity contribution < 1.29 is 5.11 Å². The molecule has 0 saturated heterocycles. The highest BCUT2D eigenvalue weighted by molar-refractivity contribution is 5.53. The number of aromatic amines is 1. The second-order valence-corrected chi connectivity index (χ2v) is 3.53. The summed E-state index contributed by atoms with van der Waals surface area (Å²) in [6.45, 7) is 0.431. The molecule has 0 radical (unpaired) electrons. The van der Waals surface area contributed by atoms with Crippen molar-refractivity contribution in [3.05, 3.63) is 46.4 Å². The zero-order valence-electron chi connectivity index (χ0n) is 8.97. The van der Waals surface area contributed by atoms with E-state index in [1.165, 1.54) is 12.3 Å². The van der Waals surface area contributed by atoms with Crippen LogP contribution in [0.15, 0.2) is 35.3 Å². The van der Waals surface area contributed by atoms with Gasteiger partial charge in [-0.1, -0.05) is 6.07 Å². The molecule has 0 amide bonds. The average Bonchev–Trinajstić information content (AvgIpc) is 2.31. The first-order valence-corrected chi connectivity index (χ1v) is 5.02. The predicted octanol–water partition coefficient (Wildman–Crippen LogP) is 0.670. The Balaban J connectivity index is 2.07. The van der Waals surface area contributed by atoms with Crippen molar-refractivity contribution in [2.45, 2.75) is 6.54 Å². The summed E-state index contributed by atoms with van der Waals surface area (Å²) in [5, 5.41) is 12.3. The first-order valence-electron chi connectivity index (χ1n) is 5.02. The molecule has 88 valence electrons. The molecule has 0 spiro atoms. The van der Waals surface area contributed by atoms with Crippen molar-refractivity contribution in [3.63, 3.8) is 0 Å². The van der Waals surface area contributed by atoms with Crippen LogP contribution in [0.25, 0.3) is 0 Å². The van der Waals surface area contributed by atoms with Gasteiger partial charge in [0.05, 0.1) is 5.69 Å². The molecule has 6 heteroatoms. The number of phenols is 1. The Bertz CT molecular complexity index is 580. The number of benzene rings is 1. The molecule has 1 heterocycles. The molecule has 2 aromatic rings. The summed E-state index contributed by atoms with van der Waals surface area (Å²) >= 11 is 0. The third kappa shape index (κ3) is 2.75. The minimum absolute atomic E-state index is 0.0406. The third-order valence-electron chi connectivity index (χ3n) is 2.23. The number of phenolic OH excluding ortho intramolecular Hbond substituents is 1. The van der Waals surface area contributed by atoms with E-state index in [1.54, 1.807) is 18.2 Å². The molecule has 0 fully saturated rings. The first-order chi connectivity index (χ1) is 8.15. The minimum Gasteiger partial charge on any atom is -0.506 e. The normalized spacial score (nSPS) is 10.1. The number of nitrogen functional groups attached to an aromatic ring is 1. The molecule has 0 aliphatic carbocycles. The predicted molar refractivity (Wildman–Crippen MR) is 64.7 cm³/mol. The van der Waals surface area contributed by atoms with E-state index in [9.17, 15) is 9.90 Å². The van der Waals surface area contributed by atoms with Gasteiger partial charge in [0, 0.05) is 18.8 Å². The molecule has 17 heavy (non-hydrogen) atoms. The SMILES string of the molecule is Nc1ccc(CNc2nccc(=O)[nH]2)cc1O. The second kappa shape index (κ2) is 4.56. The Morgan fingerprint density at radius 1 is 1.41 bits per heavy atom. The molecule has 0 saturated carbocycles. The number of aromatic hydroxyl groups is 1. The average molecular weight is 232 g/mol. The van der Waals surface area contributed by atoms with Crippen molar-refractivity contribution >= 4 is 11.6 Å². The Hall–Kier alpha value is -2.50. The Labute approximate surface area is 97.1 Å². The van der Waals surface area contributed by atoms with Gasteiger partial charge in [-0.2, -0.15) is 0 Å². The molecule has 0 atom stereocenters. The zero-order valence-corrected chi connectivity index (χ0v) is 8.97. The van der Waals surface area contributed by atoms with E-state index in [4.69, 9.17) is 5.73 Å². The Kier molecular flexibility index (Phi) is 2.95. The summed E-state index contributed by atoms with van der Waals surface area (Å²) < 4.78 is 0. The highest BCUT2D eigenvalue weighted by Crippen LogP contribution is 2.20. The number of H-pyrrole nitrogens is 1. The van der Waals surface area contributed by atoms with E-state index in [0.29, 0.717) is 18.2 Å². The summed E-state index contributed by atoms with van der Waals surface area (Å²) in [7, 11) is 0. The van der Waals surface area contributed by atoms with Crippen LogP contribution in [0, 0.1) is 0 Å². The Morgan fingerprint density at radius 2 is 2.24 bits per heavy atom. The fourth-order valence-electron chi connectivity index (χ4n) is 1.34. The quantitative estimate of drug-likeness (QED) is 0.460. The van der Waals surface area contributed by atoms with Gasteiger partial charge >= 0.3 is 0 Å². The van der Waals surface area contributed by atoms with E-state index in [1.807, 2.05) is 0 Å². The number of anilines is 2. The molecule has 1 aromatic heterocycles. The molecule has 0 unspecified atom stereocenters. The lowest BCUT2D eigenvalue weighted by atomic mass is 10.2. The molecule has 0 bridgehead atoms. The second-order valence-electron chi connectivity index (χ2n) is 3.53. The fraction of sp³-hybridized carbons (Fsp3) is 0.0909. The van der Waals surface area contributed by atoms with Gasteiger partial charge in [-0.3, -0.25) is 9.78 Å². The number of hydrogen-bond acceptors (Lipinski definition) is 5. The highest BCUT2D eigenvalue weighted by atomic mass is 16.3. The van der Waals surface area contributed by atoms with Gasteiger partial charge in [-0.05, 0) is 17.7 Å². The van der Waals surface area contributed by atoms with Crippen LogP contribution in [-0.4, -0.2) is 15.1 Å². The smallest absolute Gasteiger partial charge is 0.252 e. The van der Waals surface area contributed by atoms with Crippen molar-refractivity contribution in [2.75, 3.05) is 11.1 Å². The van der Waals surface area contributed by atoms with E-state index >= 15 is 0 Å². The van der Waals surface area contributed by atoms with Crippen LogP contribution in [0.4, 0.5) is 11.6 Å². The topological polar surface area (TPSA) is 104 Å². The maximum atomic E-state index is 11.0. The lowest BCUT2D eigenvalue weighted by Gasteiger charge is -2.06. The van der Waals surface area contributed by atoms with Crippen LogP contribution in [0.1, 0.15) is 5.56 Å². The van der Waals surface area contributed by atoms with Gasteiger partial charge in [0.25, 0.3) is 5.56 Å². The number of aromatic nitrogens is 2. The van der Waals surface area contributed by atoms with Crippen LogP contribution in [-0.2, 0) is 6.54 Å². The van der Waals surface area contributed by atoms with E-state index in [0.717, 1.165) is 5.56 Å².